The van der Waals surface area contributed by atoms with Gasteiger partial charge in [-0.15, -0.1) is 0 Å². The Labute approximate surface area is 95.4 Å². The Balaban J connectivity index is 2.36. The van der Waals surface area contributed by atoms with Crippen molar-refractivity contribution in [2.24, 2.45) is 0 Å². The van der Waals surface area contributed by atoms with Gasteiger partial charge in [0, 0.05) is 29.4 Å². The van der Waals surface area contributed by atoms with Crippen molar-refractivity contribution in [3.05, 3.63) is 46.5 Å². The molecule has 0 saturated heterocycles. The maximum absolute atomic E-state index is 4.69. The maximum Gasteiger partial charge on any atom is 0.0548 e. The van der Waals surface area contributed by atoms with Crippen LogP contribution in [0.25, 0.3) is 11.1 Å². The molecule has 0 aromatic carbocycles. The van der Waals surface area contributed by atoms with Gasteiger partial charge < -0.3 is 0 Å². The molecule has 2 aromatic rings. The topological polar surface area (TPSA) is 25.8 Å². The van der Waals surface area contributed by atoms with Gasteiger partial charge in [0.1, 0.15) is 0 Å². The van der Waals surface area contributed by atoms with Crippen LogP contribution in [-0.4, -0.2) is 9.97 Å². The Bertz CT molecular complexity index is 586. The lowest BCUT2D eigenvalue weighted by molar-refractivity contribution is 1.01. The highest BCUT2D eigenvalue weighted by Crippen LogP contribution is 2.37. The van der Waals surface area contributed by atoms with Gasteiger partial charge in [-0.3, -0.25) is 9.97 Å². The molecule has 0 spiro atoms. The van der Waals surface area contributed by atoms with Crippen LogP contribution in [0.1, 0.15) is 28.2 Å². The van der Waals surface area contributed by atoms with Crippen LogP contribution in [0.4, 0.5) is 0 Å². The molecular weight excluding hydrogens is 196 g/mol. The average Bonchev–Trinajstić information content (AvgIpc) is 2.64. The minimum absolute atomic E-state index is 0.882. The predicted molar refractivity (Wildman–Crippen MR) is 64.5 cm³/mol. The summed E-state index contributed by atoms with van der Waals surface area (Å²) in [5.74, 6) is 0. The van der Waals surface area contributed by atoms with Crippen molar-refractivity contribution in [1.29, 1.82) is 0 Å². The summed E-state index contributed by atoms with van der Waals surface area (Å²) in [7, 11) is 0. The molecule has 2 heteroatoms. The number of hydrogen-bond donors (Lipinski definition) is 0. The number of aryl methyl sites for hydroxylation is 1. The molecule has 0 amide bonds. The first-order valence-corrected chi connectivity index (χ1v) is 5.59. The van der Waals surface area contributed by atoms with E-state index in [9.17, 15) is 0 Å². The van der Waals surface area contributed by atoms with Crippen LogP contribution in [0.15, 0.2) is 18.3 Å². The number of fused-ring (bicyclic) bond motifs is 3. The number of aromatic nitrogens is 2. The van der Waals surface area contributed by atoms with Crippen molar-refractivity contribution < 1.29 is 0 Å². The molecule has 0 atom stereocenters. The molecule has 1 aliphatic carbocycles. The fourth-order valence-corrected chi connectivity index (χ4v) is 2.47. The summed E-state index contributed by atoms with van der Waals surface area (Å²) < 4.78 is 0. The first-order valence-electron chi connectivity index (χ1n) is 5.59. The molecule has 0 N–H and O–H groups in total. The predicted octanol–water partition coefficient (Wildman–Crippen LogP) is 2.97. The van der Waals surface area contributed by atoms with E-state index < -0.39 is 0 Å². The maximum atomic E-state index is 4.69. The molecule has 0 radical (unpaired) electrons. The van der Waals surface area contributed by atoms with E-state index in [0.717, 1.165) is 17.8 Å². The second-order valence-corrected chi connectivity index (χ2v) is 4.44. The third kappa shape index (κ3) is 1.13. The second kappa shape index (κ2) is 3.14. The number of rotatable bonds is 0. The number of nitrogens with zero attached hydrogens (tertiary/aromatic N) is 2. The average molecular weight is 210 g/mol. The second-order valence-electron chi connectivity index (χ2n) is 4.44. The third-order valence-electron chi connectivity index (χ3n) is 3.57. The van der Waals surface area contributed by atoms with Gasteiger partial charge in [-0.1, -0.05) is 6.07 Å². The van der Waals surface area contributed by atoms with Gasteiger partial charge in [0.15, 0.2) is 0 Å². The lowest BCUT2D eigenvalue weighted by Gasteiger charge is -2.10. The highest BCUT2D eigenvalue weighted by atomic mass is 14.8. The van der Waals surface area contributed by atoms with Crippen molar-refractivity contribution in [2.75, 3.05) is 0 Å². The standard InChI is InChI=1S/C14H14N2/c1-8-9(2)14-11-5-4-6-15-12(11)7-13(14)16-10(8)3/h4-6H,7H2,1-3H3. The molecule has 2 nitrogen and oxygen atoms in total. The summed E-state index contributed by atoms with van der Waals surface area (Å²) in [5.41, 5.74) is 8.73. The van der Waals surface area contributed by atoms with E-state index in [0.29, 0.717) is 0 Å². The van der Waals surface area contributed by atoms with Gasteiger partial charge in [0.05, 0.1) is 11.4 Å². The third-order valence-corrected chi connectivity index (χ3v) is 3.57. The molecule has 0 saturated carbocycles. The lowest BCUT2D eigenvalue weighted by atomic mass is 9.99. The van der Waals surface area contributed by atoms with Gasteiger partial charge in [-0.05, 0) is 38.0 Å². The summed E-state index contributed by atoms with van der Waals surface area (Å²) in [5, 5.41) is 0. The van der Waals surface area contributed by atoms with Crippen LogP contribution in [-0.2, 0) is 6.42 Å². The van der Waals surface area contributed by atoms with E-state index in [1.807, 2.05) is 12.3 Å². The molecule has 80 valence electrons. The van der Waals surface area contributed by atoms with Crippen molar-refractivity contribution in [3.63, 3.8) is 0 Å². The summed E-state index contributed by atoms with van der Waals surface area (Å²) >= 11 is 0. The van der Waals surface area contributed by atoms with Crippen molar-refractivity contribution >= 4 is 0 Å². The molecule has 0 bridgehead atoms. The molecule has 0 aliphatic heterocycles. The summed E-state index contributed by atoms with van der Waals surface area (Å²) in [6, 6.07) is 4.15. The number of pyridine rings is 2. The Kier molecular flexibility index (Phi) is 1.87. The van der Waals surface area contributed by atoms with Gasteiger partial charge in [-0.2, -0.15) is 0 Å². The first-order chi connectivity index (χ1) is 7.68. The van der Waals surface area contributed by atoms with E-state index in [2.05, 4.69) is 36.8 Å². The van der Waals surface area contributed by atoms with Crippen LogP contribution in [0.3, 0.4) is 0 Å². The van der Waals surface area contributed by atoms with E-state index in [4.69, 9.17) is 0 Å². The van der Waals surface area contributed by atoms with E-state index >= 15 is 0 Å². The highest BCUT2D eigenvalue weighted by Gasteiger charge is 2.23. The minimum Gasteiger partial charge on any atom is -0.260 e. The Morgan fingerprint density at radius 3 is 2.69 bits per heavy atom. The van der Waals surface area contributed by atoms with Crippen LogP contribution in [0.2, 0.25) is 0 Å². The van der Waals surface area contributed by atoms with Gasteiger partial charge in [-0.25, -0.2) is 0 Å². The van der Waals surface area contributed by atoms with Crippen LogP contribution in [0, 0.1) is 20.8 Å². The monoisotopic (exact) mass is 210 g/mol. The summed E-state index contributed by atoms with van der Waals surface area (Å²) in [6.07, 6.45) is 2.74. The molecule has 2 heterocycles. The van der Waals surface area contributed by atoms with E-state index in [-0.39, 0.29) is 0 Å². The Hall–Kier alpha value is -1.70. The lowest BCUT2D eigenvalue weighted by Crippen LogP contribution is -1.97. The Morgan fingerprint density at radius 2 is 1.88 bits per heavy atom. The minimum atomic E-state index is 0.882. The van der Waals surface area contributed by atoms with Crippen LogP contribution < -0.4 is 0 Å². The summed E-state index contributed by atoms with van der Waals surface area (Å²) in [4.78, 5) is 9.12. The van der Waals surface area contributed by atoms with Crippen LogP contribution in [0.5, 0.6) is 0 Å². The van der Waals surface area contributed by atoms with Crippen molar-refractivity contribution in [2.45, 2.75) is 27.2 Å². The molecule has 3 rings (SSSR count). The Morgan fingerprint density at radius 1 is 1.06 bits per heavy atom. The first kappa shape index (κ1) is 9.52. The molecule has 1 aliphatic rings. The normalized spacial score (nSPS) is 12.4. The zero-order valence-electron chi connectivity index (χ0n) is 9.83. The quantitative estimate of drug-likeness (QED) is 0.570. The molecule has 2 aromatic heterocycles. The van der Waals surface area contributed by atoms with E-state index in [1.54, 1.807) is 0 Å². The molecular formula is C14H14N2. The SMILES string of the molecule is Cc1nc2c(c(C)c1C)-c1cccnc1C2. The smallest absolute Gasteiger partial charge is 0.0548 e. The fourth-order valence-electron chi connectivity index (χ4n) is 2.47. The van der Waals surface area contributed by atoms with Crippen molar-refractivity contribution in [3.8, 4) is 11.1 Å². The van der Waals surface area contributed by atoms with E-state index in [1.165, 1.54) is 27.9 Å². The van der Waals surface area contributed by atoms with Gasteiger partial charge in [0.2, 0.25) is 0 Å². The van der Waals surface area contributed by atoms with Gasteiger partial charge in [0.25, 0.3) is 0 Å². The zero-order valence-corrected chi connectivity index (χ0v) is 9.83. The summed E-state index contributed by atoms with van der Waals surface area (Å²) in [6.45, 7) is 6.41. The molecule has 0 fully saturated rings. The molecule has 16 heavy (non-hydrogen) atoms. The zero-order chi connectivity index (χ0) is 11.3. The molecule has 0 unspecified atom stereocenters. The fraction of sp³-hybridized carbons (Fsp3) is 0.286. The highest BCUT2D eigenvalue weighted by molar-refractivity contribution is 5.77. The largest absolute Gasteiger partial charge is 0.260 e. The van der Waals surface area contributed by atoms with Crippen LogP contribution >= 0.6 is 0 Å². The van der Waals surface area contributed by atoms with Gasteiger partial charge >= 0.3 is 0 Å². The van der Waals surface area contributed by atoms with Crippen molar-refractivity contribution in [1.82, 2.24) is 9.97 Å². The number of hydrogen-bond acceptors (Lipinski definition) is 2.